The van der Waals surface area contributed by atoms with Gasteiger partial charge < -0.3 is 37.6 Å². The number of carbonyl (C=O) groups excluding carboxylic acids is 4. The van der Waals surface area contributed by atoms with Gasteiger partial charge in [0.05, 0.1) is 12.5 Å². The Morgan fingerprint density at radius 1 is 0.882 bits per heavy atom. The molecule has 0 bridgehead atoms. The van der Waals surface area contributed by atoms with Crippen LogP contribution in [-0.4, -0.2) is 64.0 Å². The average Bonchev–Trinajstić information content (AvgIpc) is 2.73. The first-order valence-electron chi connectivity index (χ1n) is 10.8. The lowest BCUT2D eigenvalue weighted by Crippen LogP contribution is -2.57. The molecule has 0 spiro atoms. The number of carbonyl (C=O) groups is 5. The van der Waals surface area contributed by atoms with E-state index in [4.69, 9.17) is 11.5 Å². The molecule has 0 saturated heterocycles. The van der Waals surface area contributed by atoms with Gasteiger partial charge in [0.25, 0.3) is 0 Å². The van der Waals surface area contributed by atoms with Crippen LogP contribution in [0.1, 0.15) is 39.2 Å². The van der Waals surface area contributed by atoms with E-state index >= 15 is 0 Å². The molecular formula is C22H33N5O7. The standard InChI is InChI=1S/C22H33N5O7/c1-11(2)8-17(22(33)34)27-21(32)16(10-18(24)29)26-19(30)12(3)25-20(31)15(23)9-13-4-6-14(28)7-5-13/h4-7,11-12,15-17,28H,8-10,23H2,1-3H3,(H2,24,29)(H,25,31)(H,26,30)(H,27,32)(H,33,34). The Kier molecular flexibility index (Phi) is 11.0. The molecule has 0 heterocycles. The Labute approximate surface area is 197 Å². The molecule has 4 atom stereocenters. The number of aromatic hydroxyl groups is 1. The summed E-state index contributed by atoms with van der Waals surface area (Å²) < 4.78 is 0. The lowest BCUT2D eigenvalue weighted by Gasteiger charge is -2.23. The molecule has 0 radical (unpaired) electrons. The Morgan fingerprint density at radius 3 is 1.94 bits per heavy atom. The van der Waals surface area contributed by atoms with E-state index in [2.05, 4.69) is 16.0 Å². The van der Waals surface area contributed by atoms with E-state index in [0.29, 0.717) is 5.56 Å². The lowest BCUT2D eigenvalue weighted by molar-refractivity contribution is -0.143. The van der Waals surface area contributed by atoms with Gasteiger partial charge in [-0.15, -0.1) is 0 Å². The number of hydrogen-bond donors (Lipinski definition) is 7. The third kappa shape index (κ3) is 9.86. The quantitative estimate of drug-likeness (QED) is 0.181. The van der Waals surface area contributed by atoms with Crippen LogP contribution in [0.15, 0.2) is 24.3 Å². The lowest BCUT2D eigenvalue weighted by atomic mass is 10.0. The fourth-order valence-corrected chi connectivity index (χ4v) is 3.04. The SMILES string of the molecule is CC(C)CC(NC(=O)C(CC(N)=O)NC(=O)C(C)NC(=O)C(N)Cc1ccc(O)cc1)C(=O)O. The molecule has 1 aromatic carbocycles. The minimum Gasteiger partial charge on any atom is -0.508 e. The molecular weight excluding hydrogens is 446 g/mol. The van der Waals surface area contributed by atoms with Crippen LogP contribution >= 0.6 is 0 Å². The number of benzene rings is 1. The molecule has 1 rings (SSSR count). The summed E-state index contributed by atoms with van der Waals surface area (Å²) in [5.74, 6) is -4.41. The van der Waals surface area contributed by atoms with E-state index in [-0.39, 0.29) is 24.5 Å². The van der Waals surface area contributed by atoms with Crippen LogP contribution in [0.5, 0.6) is 5.75 Å². The predicted octanol–water partition coefficient (Wildman–Crippen LogP) is -1.26. The fraction of sp³-hybridized carbons (Fsp3) is 0.500. The highest BCUT2D eigenvalue weighted by Crippen LogP contribution is 2.11. The highest BCUT2D eigenvalue weighted by atomic mass is 16.4. The number of aliphatic carboxylic acids is 1. The number of rotatable bonds is 13. The summed E-state index contributed by atoms with van der Waals surface area (Å²) in [7, 11) is 0. The number of amides is 4. The first-order valence-corrected chi connectivity index (χ1v) is 10.8. The largest absolute Gasteiger partial charge is 0.508 e. The van der Waals surface area contributed by atoms with Gasteiger partial charge in [-0.3, -0.25) is 19.2 Å². The third-order valence-electron chi connectivity index (χ3n) is 4.84. The van der Waals surface area contributed by atoms with Gasteiger partial charge in [0.1, 0.15) is 23.9 Å². The molecule has 9 N–H and O–H groups in total. The highest BCUT2D eigenvalue weighted by molar-refractivity contribution is 5.96. The van der Waals surface area contributed by atoms with E-state index in [1.165, 1.54) is 19.1 Å². The molecule has 34 heavy (non-hydrogen) atoms. The Morgan fingerprint density at radius 2 is 1.44 bits per heavy atom. The normalized spacial score (nSPS) is 14.4. The van der Waals surface area contributed by atoms with Gasteiger partial charge in [0, 0.05) is 0 Å². The van der Waals surface area contributed by atoms with Crippen LogP contribution in [-0.2, 0) is 30.4 Å². The number of hydrogen-bond acceptors (Lipinski definition) is 7. The molecule has 12 heteroatoms. The van der Waals surface area contributed by atoms with Crippen LogP contribution in [0.4, 0.5) is 0 Å². The fourth-order valence-electron chi connectivity index (χ4n) is 3.04. The van der Waals surface area contributed by atoms with Crippen LogP contribution in [0.2, 0.25) is 0 Å². The zero-order valence-electron chi connectivity index (χ0n) is 19.4. The van der Waals surface area contributed by atoms with Crippen molar-refractivity contribution in [2.24, 2.45) is 17.4 Å². The van der Waals surface area contributed by atoms with Crippen molar-refractivity contribution in [1.29, 1.82) is 0 Å². The smallest absolute Gasteiger partial charge is 0.326 e. The molecule has 0 aliphatic heterocycles. The van der Waals surface area contributed by atoms with Gasteiger partial charge in [-0.25, -0.2) is 4.79 Å². The predicted molar refractivity (Wildman–Crippen MR) is 122 cm³/mol. The van der Waals surface area contributed by atoms with Crippen molar-refractivity contribution in [3.05, 3.63) is 29.8 Å². The zero-order chi connectivity index (χ0) is 26.0. The molecule has 12 nitrogen and oxygen atoms in total. The highest BCUT2D eigenvalue weighted by Gasteiger charge is 2.30. The van der Waals surface area contributed by atoms with Gasteiger partial charge in [-0.1, -0.05) is 26.0 Å². The molecule has 0 aliphatic carbocycles. The van der Waals surface area contributed by atoms with Crippen molar-refractivity contribution in [3.63, 3.8) is 0 Å². The van der Waals surface area contributed by atoms with Crippen molar-refractivity contribution in [1.82, 2.24) is 16.0 Å². The van der Waals surface area contributed by atoms with Crippen molar-refractivity contribution >= 4 is 29.6 Å². The van der Waals surface area contributed by atoms with Gasteiger partial charge in [0.2, 0.25) is 23.6 Å². The van der Waals surface area contributed by atoms with Gasteiger partial charge >= 0.3 is 5.97 Å². The summed E-state index contributed by atoms with van der Waals surface area (Å²) in [6, 6.07) is 1.37. The number of nitrogens with one attached hydrogen (secondary N) is 3. The summed E-state index contributed by atoms with van der Waals surface area (Å²) in [4.78, 5) is 60.3. The number of phenolic OH excluding ortho intramolecular Hbond substituents is 1. The second-order valence-corrected chi connectivity index (χ2v) is 8.47. The summed E-state index contributed by atoms with van der Waals surface area (Å²) in [5.41, 5.74) is 11.8. The molecule has 0 fully saturated rings. The maximum atomic E-state index is 12.6. The summed E-state index contributed by atoms with van der Waals surface area (Å²) in [5, 5.41) is 25.7. The number of primary amides is 1. The Balaban J connectivity index is 2.76. The zero-order valence-corrected chi connectivity index (χ0v) is 19.4. The molecule has 0 aliphatic rings. The molecule has 1 aromatic rings. The van der Waals surface area contributed by atoms with Crippen molar-refractivity contribution in [2.75, 3.05) is 0 Å². The minimum atomic E-state index is -1.43. The van der Waals surface area contributed by atoms with Gasteiger partial charge in [0.15, 0.2) is 0 Å². The van der Waals surface area contributed by atoms with Crippen molar-refractivity contribution in [2.45, 2.75) is 64.2 Å². The molecule has 0 aromatic heterocycles. The topological polar surface area (TPSA) is 214 Å². The van der Waals surface area contributed by atoms with Crippen molar-refractivity contribution < 1.29 is 34.2 Å². The van der Waals surface area contributed by atoms with E-state index in [9.17, 15) is 34.2 Å². The van der Waals surface area contributed by atoms with E-state index < -0.39 is 60.2 Å². The van der Waals surface area contributed by atoms with Crippen LogP contribution in [0.3, 0.4) is 0 Å². The number of nitrogens with two attached hydrogens (primary N) is 2. The maximum Gasteiger partial charge on any atom is 0.326 e. The maximum absolute atomic E-state index is 12.6. The first-order chi connectivity index (χ1) is 15.8. The van der Waals surface area contributed by atoms with E-state index in [0.717, 1.165) is 0 Å². The number of phenols is 1. The second kappa shape index (κ2) is 13.1. The third-order valence-corrected chi connectivity index (χ3v) is 4.84. The number of carboxylic acids is 1. The van der Waals surface area contributed by atoms with E-state index in [1.54, 1.807) is 26.0 Å². The van der Waals surface area contributed by atoms with Crippen LogP contribution in [0, 0.1) is 5.92 Å². The number of carboxylic acid groups (broad SMARTS) is 1. The van der Waals surface area contributed by atoms with Crippen LogP contribution < -0.4 is 27.4 Å². The molecule has 4 unspecified atom stereocenters. The van der Waals surface area contributed by atoms with Crippen LogP contribution in [0.25, 0.3) is 0 Å². The summed E-state index contributed by atoms with van der Waals surface area (Å²) in [6.07, 6.45) is -0.268. The summed E-state index contributed by atoms with van der Waals surface area (Å²) >= 11 is 0. The second-order valence-electron chi connectivity index (χ2n) is 8.47. The molecule has 4 amide bonds. The average molecular weight is 480 g/mol. The molecule has 0 saturated carbocycles. The minimum absolute atomic E-state index is 0.0356. The summed E-state index contributed by atoms with van der Waals surface area (Å²) in [6.45, 7) is 4.92. The Bertz CT molecular complexity index is 888. The Hall–Kier alpha value is -3.67. The molecule has 188 valence electrons. The first kappa shape index (κ1) is 28.4. The monoisotopic (exact) mass is 479 g/mol. The van der Waals surface area contributed by atoms with Gasteiger partial charge in [-0.05, 0) is 43.4 Å². The van der Waals surface area contributed by atoms with E-state index in [1.807, 2.05) is 0 Å². The van der Waals surface area contributed by atoms with Crippen molar-refractivity contribution in [3.8, 4) is 5.75 Å². The van der Waals surface area contributed by atoms with Gasteiger partial charge in [-0.2, -0.15) is 0 Å².